The van der Waals surface area contributed by atoms with Gasteiger partial charge in [0.05, 0.1) is 13.0 Å². The monoisotopic (exact) mass is 295 g/mol. The number of rotatable bonds is 8. The lowest BCUT2D eigenvalue weighted by Gasteiger charge is -2.07. The van der Waals surface area contributed by atoms with Gasteiger partial charge in [0.1, 0.15) is 5.82 Å². The van der Waals surface area contributed by atoms with E-state index in [2.05, 4.69) is 5.32 Å². The summed E-state index contributed by atoms with van der Waals surface area (Å²) in [5.41, 5.74) is 0.499. The Morgan fingerprint density at radius 2 is 2.14 bits per heavy atom. The lowest BCUT2D eigenvalue weighted by atomic mass is 10.1. The molecule has 6 heteroatoms. The molecule has 0 saturated carbocycles. The van der Waals surface area contributed by atoms with E-state index in [0.717, 1.165) is 18.6 Å². The summed E-state index contributed by atoms with van der Waals surface area (Å²) >= 11 is 0. The highest BCUT2D eigenvalue weighted by atomic mass is 19.1. The quantitative estimate of drug-likeness (QED) is 0.571. The molecule has 114 valence electrons. The Balaban J connectivity index is 2.61. The number of hydrogen-bond acceptors (Lipinski definition) is 3. The van der Waals surface area contributed by atoms with Crippen molar-refractivity contribution in [1.82, 2.24) is 0 Å². The van der Waals surface area contributed by atoms with Crippen LogP contribution in [-0.4, -0.2) is 30.2 Å². The average Bonchev–Trinajstić information content (AvgIpc) is 2.44. The molecule has 0 fully saturated rings. The Bertz CT molecular complexity index is 528. The predicted octanol–water partition coefficient (Wildman–Crippen LogP) is 2.68. The minimum Gasteiger partial charge on any atom is -0.478 e. The van der Waals surface area contributed by atoms with Crippen LogP contribution in [0.15, 0.2) is 24.3 Å². The molecular weight excluding hydrogens is 277 g/mol. The zero-order valence-corrected chi connectivity index (χ0v) is 11.8. The lowest BCUT2D eigenvalue weighted by molar-refractivity contribution is -0.131. The molecule has 0 aromatic heterocycles. The first-order valence-corrected chi connectivity index (χ1v) is 6.61. The van der Waals surface area contributed by atoms with Gasteiger partial charge >= 0.3 is 5.97 Å². The van der Waals surface area contributed by atoms with E-state index < -0.39 is 11.8 Å². The van der Waals surface area contributed by atoms with Crippen LogP contribution in [0.1, 0.15) is 25.3 Å². The summed E-state index contributed by atoms with van der Waals surface area (Å²) in [5.74, 6) is -1.97. The normalized spacial score (nSPS) is 10.8. The number of carboxylic acid groups (broad SMARTS) is 1. The molecule has 21 heavy (non-hydrogen) atoms. The number of hydrogen-bond donors (Lipinski definition) is 2. The molecule has 1 aromatic rings. The summed E-state index contributed by atoms with van der Waals surface area (Å²) in [5, 5.41) is 11.1. The van der Waals surface area contributed by atoms with Crippen LogP contribution in [0.3, 0.4) is 0 Å². The van der Waals surface area contributed by atoms with Crippen molar-refractivity contribution in [1.29, 1.82) is 0 Å². The van der Waals surface area contributed by atoms with E-state index in [9.17, 15) is 14.0 Å². The predicted molar refractivity (Wildman–Crippen MR) is 77.4 cm³/mol. The minimum absolute atomic E-state index is 0.0948. The van der Waals surface area contributed by atoms with Gasteiger partial charge in [-0.15, -0.1) is 0 Å². The highest BCUT2D eigenvalue weighted by Crippen LogP contribution is 2.16. The van der Waals surface area contributed by atoms with Crippen LogP contribution < -0.4 is 5.32 Å². The van der Waals surface area contributed by atoms with Gasteiger partial charge in [-0.1, -0.05) is 6.92 Å². The van der Waals surface area contributed by atoms with E-state index in [1.165, 1.54) is 18.2 Å². The molecule has 1 amide bonds. The third kappa shape index (κ3) is 6.67. The molecule has 0 heterocycles. The van der Waals surface area contributed by atoms with Crippen LogP contribution in [0.5, 0.6) is 0 Å². The van der Waals surface area contributed by atoms with E-state index in [1.807, 2.05) is 6.92 Å². The van der Waals surface area contributed by atoms with Gasteiger partial charge < -0.3 is 15.2 Å². The second kappa shape index (κ2) is 8.86. The maximum absolute atomic E-state index is 13.5. The summed E-state index contributed by atoms with van der Waals surface area (Å²) in [7, 11) is 0. The van der Waals surface area contributed by atoms with Crippen molar-refractivity contribution >= 4 is 23.6 Å². The molecule has 2 N–H and O–H groups in total. The number of aliphatic carboxylic acids is 1. The zero-order valence-electron chi connectivity index (χ0n) is 11.8. The fourth-order valence-corrected chi connectivity index (χ4v) is 1.55. The summed E-state index contributed by atoms with van der Waals surface area (Å²) in [4.78, 5) is 22.1. The molecule has 1 rings (SSSR count). The number of nitrogens with one attached hydrogen (secondary N) is 1. The zero-order chi connectivity index (χ0) is 15.7. The Hall–Kier alpha value is -2.21. The first-order chi connectivity index (χ1) is 10.0. The van der Waals surface area contributed by atoms with Crippen molar-refractivity contribution < 1.29 is 23.8 Å². The number of carboxylic acids is 1. The van der Waals surface area contributed by atoms with Crippen molar-refractivity contribution in [3.63, 3.8) is 0 Å². The van der Waals surface area contributed by atoms with Gasteiger partial charge in [0, 0.05) is 23.9 Å². The molecule has 0 aliphatic carbocycles. The molecule has 0 bridgehead atoms. The molecule has 0 aliphatic rings. The van der Waals surface area contributed by atoms with Crippen LogP contribution >= 0.6 is 0 Å². The number of benzene rings is 1. The Morgan fingerprint density at radius 3 is 2.81 bits per heavy atom. The maximum Gasteiger partial charge on any atom is 0.328 e. The highest BCUT2D eigenvalue weighted by Gasteiger charge is 2.05. The lowest BCUT2D eigenvalue weighted by Crippen LogP contribution is -2.14. The van der Waals surface area contributed by atoms with Crippen molar-refractivity contribution in [2.24, 2.45) is 0 Å². The van der Waals surface area contributed by atoms with Gasteiger partial charge in [-0.3, -0.25) is 4.79 Å². The van der Waals surface area contributed by atoms with E-state index >= 15 is 0 Å². The number of carbonyl (C=O) groups is 2. The van der Waals surface area contributed by atoms with Gasteiger partial charge in [-0.2, -0.15) is 0 Å². The number of ether oxygens (including phenoxy) is 1. The van der Waals surface area contributed by atoms with E-state index in [4.69, 9.17) is 9.84 Å². The van der Waals surface area contributed by atoms with Crippen molar-refractivity contribution in [2.75, 3.05) is 18.5 Å². The maximum atomic E-state index is 13.5. The minimum atomic E-state index is -1.17. The van der Waals surface area contributed by atoms with Gasteiger partial charge in [0.2, 0.25) is 5.91 Å². The molecule has 1 aromatic carbocycles. The standard InChI is InChI=1S/C15H18FNO4/c1-2-8-21-9-7-14(18)17-12-4-5-13(16)11(10-12)3-6-15(19)20/h3-6,10H,2,7-9H2,1H3,(H,17,18)(H,19,20)/b6-3+. The summed E-state index contributed by atoms with van der Waals surface area (Å²) in [6, 6.07) is 3.96. The van der Waals surface area contributed by atoms with E-state index in [0.29, 0.717) is 18.9 Å². The molecule has 0 unspecified atom stereocenters. The fraction of sp³-hybridized carbons (Fsp3) is 0.333. The van der Waals surface area contributed by atoms with Crippen LogP contribution in [0.2, 0.25) is 0 Å². The largest absolute Gasteiger partial charge is 0.478 e. The molecule has 0 spiro atoms. The second-order valence-corrected chi connectivity index (χ2v) is 4.32. The third-order valence-corrected chi connectivity index (χ3v) is 2.51. The topological polar surface area (TPSA) is 75.6 Å². The summed E-state index contributed by atoms with van der Waals surface area (Å²) in [6.07, 6.45) is 3.07. The average molecular weight is 295 g/mol. The number of carbonyl (C=O) groups excluding carboxylic acids is 1. The molecule has 0 atom stereocenters. The molecular formula is C15H18FNO4. The van der Waals surface area contributed by atoms with Gasteiger partial charge in [-0.05, 0) is 30.7 Å². The Kier molecular flexibility index (Phi) is 7.11. The van der Waals surface area contributed by atoms with E-state index in [1.54, 1.807) is 0 Å². The fourth-order valence-electron chi connectivity index (χ4n) is 1.55. The van der Waals surface area contributed by atoms with Crippen molar-refractivity contribution in [3.8, 4) is 0 Å². The molecule has 0 radical (unpaired) electrons. The van der Waals surface area contributed by atoms with E-state index in [-0.39, 0.29) is 17.9 Å². The number of amides is 1. The Morgan fingerprint density at radius 1 is 1.38 bits per heavy atom. The summed E-state index contributed by atoms with van der Waals surface area (Å²) in [6.45, 7) is 2.91. The van der Waals surface area contributed by atoms with Crippen molar-refractivity contribution in [3.05, 3.63) is 35.7 Å². The SMILES string of the molecule is CCCOCCC(=O)Nc1ccc(F)c(/C=C/C(=O)O)c1. The smallest absolute Gasteiger partial charge is 0.328 e. The summed E-state index contributed by atoms with van der Waals surface area (Å²) < 4.78 is 18.7. The van der Waals surface area contributed by atoms with Gasteiger partial charge in [0.25, 0.3) is 0 Å². The van der Waals surface area contributed by atoms with Crippen LogP contribution in [0, 0.1) is 5.82 Å². The first kappa shape index (κ1) is 16.8. The van der Waals surface area contributed by atoms with Gasteiger partial charge in [0.15, 0.2) is 0 Å². The first-order valence-electron chi connectivity index (χ1n) is 6.61. The Labute approximate surface area is 122 Å². The van der Waals surface area contributed by atoms with Crippen LogP contribution in [-0.2, 0) is 14.3 Å². The van der Waals surface area contributed by atoms with Gasteiger partial charge in [-0.25, -0.2) is 9.18 Å². The van der Waals surface area contributed by atoms with Crippen LogP contribution in [0.25, 0.3) is 6.08 Å². The second-order valence-electron chi connectivity index (χ2n) is 4.32. The molecule has 5 nitrogen and oxygen atoms in total. The van der Waals surface area contributed by atoms with Crippen molar-refractivity contribution in [2.45, 2.75) is 19.8 Å². The highest BCUT2D eigenvalue weighted by molar-refractivity contribution is 5.91. The molecule has 0 saturated heterocycles. The molecule has 0 aliphatic heterocycles. The number of anilines is 1. The third-order valence-electron chi connectivity index (χ3n) is 2.51. The van der Waals surface area contributed by atoms with Crippen LogP contribution in [0.4, 0.5) is 10.1 Å². The number of halogens is 1.